The maximum atomic E-state index is 10.5. The largest absolute Gasteiger partial charge is 0.292 e. The van der Waals surface area contributed by atoms with E-state index in [4.69, 9.17) is 0 Å². The quantitative estimate of drug-likeness (QED) is 0.585. The van der Waals surface area contributed by atoms with Crippen LogP contribution in [-0.4, -0.2) is 11.9 Å². The third kappa shape index (κ3) is 3.37. The van der Waals surface area contributed by atoms with Gasteiger partial charge in [-0.15, -0.1) is 0 Å². The van der Waals surface area contributed by atoms with Crippen LogP contribution >= 0.6 is 0 Å². The minimum Gasteiger partial charge on any atom is -0.292 e. The average molecular weight is 156 g/mol. The maximum Gasteiger partial charge on any atom is 0.230 e. The fourth-order valence-corrected chi connectivity index (χ4v) is 1.45. The molecule has 3 nitrogen and oxygen atoms in total. The molecule has 1 saturated carbocycles. The second kappa shape index (κ2) is 4.34. The zero-order chi connectivity index (χ0) is 8.10. The molecule has 3 heteroatoms. The van der Waals surface area contributed by atoms with Gasteiger partial charge < -0.3 is 0 Å². The van der Waals surface area contributed by atoms with Crippen molar-refractivity contribution in [2.24, 2.45) is 0 Å². The van der Waals surface area contributed by atoms with Gasteiger partial charge in [0, 0.05) is 13.0 Å². The van der Waals surface area contributed by atoms with Crippen LogP contribution in [0.2, 0.25) is 0 Å². The number of amides is 1. The molecule has 1 aliphatic rings. The highest BCUT2D eigenvalue weighted by Crippen LogP contribution is 2.16. The minimum absolute atomic E-state index is 0.00410. The van der Waals surface area contributed by atoms with Gasteiger partial charge >= 0.3 is 0 Å². The fourth-order valence-electron chi connectivity index (χ4n) is 1.45. The summed E-state index contributed by atoms with van der Waals surface area (Å²) in [5.41, 5.74) is 5.65. The average Bonchev–Trinajstić information content (AvgIpc) is 2.03. The van der Waals surface area contributed by atoms with Crippen LogP contribution in [0, 0.1) is 0 Å². The second-order valence-corrected chi connectivity index (χ2v) is 3.16. The van der Waals surface area contributed by atoms with Gasteiger partial charge in [-0.3, -0.25) is 10.2 Å². The molecular formula is C8H16N2O. The van der Waals surface area contributed by atoms with Crippen LogP contribution in [0.15, 0.2) is 0 Å². The Hall–Kier alpha value is -0.570. The molecule has 64 valence electrons. The fraction of sp³-hybridized carbons (Fsp3) is 0.875. The van der Waals surface area contributed by atoms with Gasteiger partial charge in [0.1, 0.15) is 0 Å². The molecule has 0 bridgehead atoms. The topological polar surface area (TPSA) is 41.1 Å². The molecule has 0 aromatic carbocycles. The Bertz CT molecular complexity index is 130. The van der Waals surface area contributed by atoms with Gasteiger partial charge in [-0.2, -0.15) is 0 Å². The first-order valence-electron chi connectivity index (χ1n) is 4.31. The lowest BCUT2D eigenvalue weighted by Gasteiger charge is -2.22. The monoisotopic (exact) mass is 156 g/mol. The Kier molecular flexibility index (Phi) is 3.36. The van der Waals surface area contributed by atoms with Crippen LogP contribution < -0.4 is 10.9 Å². The molecule has 0 unspecified atom stereocenters. The molecule has 0 saturated heterocycles. The van der Waals surface area contributed by atoms with E-state index in [1.807, 2.05) is 0 Å². The van der Waals surface area contributed by atoms with Crippen molar-refractivity contribution in [3.05, 3.63) is 0 Å². The summed E-state index contributed by atoms with van der Waals surface area (Å²) in [6.45, 7) is 1.52. The zero-order valence-corrected chi connectivity index (χ0v) is 7.02. The van der Waals surface area contributed by atoms with Gasteiger partial charge in [0.2, 0.25) is 5.91 Å². The molecule has 1 rings (SSSR count). The summed E-state index contributed by atoms with van der Waals surface area (Å²) in [4.78, 5) is 10.5. The molecule has 0 aliphatic heterocycles. The lowest BCUT2D eigenvalue weighted by molar-refractivity contribution is -0.120. The third-order valence-corrected chi connectivity index (χ3v) is 2.06. The van der Waals surface area contributed by atoms with Crippen LogP contribution in [0.5, 0.6) is 0 Å². The molecule has 11 heavy (non-hydrogen) atoms. The number of nitrogens with one attached hydrogen (secondary N) is 2. The van der Waals surface area contributed by atoms with E-state index >= 15 is 0 Å². The number of carbonyl (C=O) groups is 1. The number of hydrogen-bond acceptors (Lipinski definition) is 2. The van der Waals surface area contributed by atoms with Crippen LogP contribution in [0.4, 0.5) is 0 Å². The zero-order valence-electron chi connectivity index (χ0n) is 7.02. The number of hydrazine groups is 1. The Morgan fingerprint density at radius 1 is 1.27 bits per heavy atom. The van der Waals surface area contributed by atoms with Gasteiger partial charge in [0.05, 0.1) is 0 Å². The minimum atomic E-state index is -0.00410. The van der Waals surface area contributed by atoms with E-state index in [0.29, 0.717) is 6.04 Å². The van der Waals surface area contributed by atoms with Crippen molar-refractivity contribution in [3.8, 4) is 0 Å². The first-order valence-corrected chi connectivity index (χ1v) is 4.31. The molecule has 0 aromatic rings. The van der Waals surface area contributed by atoms with E-state index in [1.54, 1.807) is 0 Å². The summed E-state index contributed by atoms with van der Waals surface area (Å²) < 4.78 is 0. The summed E-state index contributed by atoms with van der Waals surface area (Å²) in [6, 6.07) is 0.507. The van der Waals surface area contributed by atoms with E-state index in [9.17, 15) is 4.79 Å². The first kappa shape index (κ1) is 8.53. The number of hydrogen-bond donors (Lipinski definition) is 2. The van der Waals surface area contributed by atoms with E-state index in [-0.39, 0.29) is 5.91 Å². The Labute approximate surface area is 67.5 Å². The second-order valence-electron chi connectivity index (χ2n) is 3.16. The van der Waals surface area contributed by atoms with Gasteiger partial charge in [-0.25, -0.2) is 5.43 Å². The van der Waals surface area contributed by atoms with Crippen LogP contribution in [0.1, 0.15) is 39.0 Å². The highest BCUT2D eigenvalue weighted by atomic mass is 16.2. The van der Waals surface area contributed by atoms with E-state index < -0.39 is 0 Å². The summed E-state index contributed by atoms with van der Waals surface area (Å²) in [7, 11) is 0. The molecule has 1 amide bonds. The predicted octanol–water partition coefficient (Wildman–Crippen LogP) is 0.960. The maximum absolute atomic E-state index is 10.5. The highest BCUT2D eigenvalue weighted by Gasteiger charge is 2.12. The summed E-state index contributed by atoms with van der Waals surface area (Å²) >= 11 is 0. The summed E-state index contributed by atoms with van der Waals surface area (Å²) in [5.74, 6) is -0.00410. The molecule has 1 aliphatic carbocycles. The highest BCUT2D eigenvalue weighted by molar-refractivity contribution is 5.72. The Morgan fingerprint density at radius 3 is 2.45 bits per heavy atom. The van der Waals surface area contributed by atoms with Crippen molar-refractivity contribution in [2.45, 2.75) is 45.1 Å². The predicted molar refractivity (Wildman–Crippen MR) is 43.8 cm³/mol. The van der Waals surface area contributed by atoms with Crippen molar-refractivity contribution >= 4 is 5.91 Å². The van der Waals surface area contributed by atoms with Crippen LogP contribution in [0.25, 0.3) is 0 Å². The molecule has 2 N–H and O–H groups in total. The number of carbonyl (C=O) groups excluding carboxylic acids is 1. The normalized spacial score (nSPS) is 19.7. The van der Waals surface area contributed by atoms with Gasteiger partial charge in [0.25, 0.3) is 0 Å². The van der Waals surface area contributed by atoms with Crippen LogP contribution in [-0.2, 0) is 4.79 Å². The lowest BCUT2D eigenvalue weighted by Crippen LogP contribution is -2.44. The van der Waals surface area contributed by atoms with E-state index in [0.717, 1.165) is 0 Å². The van der Waals surface area contributed by atoms with Gasteiger partial charge in [0.15, 0.2) is 0 Å². The van der Waals surface area contributed by atoms with E-state index in [1.165, 1.54) is 39.0 Å². The number of rotatable bonds is 2. The van der Waals surface area contributed by atoms with Crippen molar-refractivity contribution in [2.75, 3.05) is 0 Å². The summed E-state index contributed by atoms with van der Waals surface area (Å²) in [6.07, 6.45) is 6.31. The molecular weight excluding hydrogens is 140 g/mol. The van der Waals surface area contributed by atoms with Gasteiger partial charge in [-0.1, -0.05) is 19.3 Å². The van der Waals surface area contributed by atoms with Crippen molar-refractivity contribution in [3.63, 3.8) is 0 Å². The van der Waals surface area contributed by atoms with E-state index in [2.05, 4.69) is 10.9 Å². The molecule has 0 atom stereocenters. The lowest BCUT2D eigenvalue weighted by atomic mass is 9.96. The Balaban J connectivity index is 2.09. The molecule has 0 spiro atoms. The standard InChI is InChI=1S/C8H16N2O/c1-7(11)9-10-8-5-3-2-4-6-8/h8,10H,2-6H2,1H3,(H,9,11). The smallest absolute Gasteiger partial charge is 0.230 e. The van der Waals surface area contributed by atoms with Crippen molar-refractivity contribution < 1.29 is 4.79 Å². The molecule has 1 fully saturated rings. The molecule has 0 heterocycles. The van der Waals surface area contributed by atoms with Crippen molar-refractivity contribution in [1.29, 1.82) is 0 Å². The third-order valence-electron chi connectivity index (χ3n) is 2.06. The molecule has 0 aromatic heterocycles. The summed E-state index contributed by atoms with van der Waals surface area (Å²) in [5, 5.41) is 0. The Morgan fingerprint density at radius 2 is 1.91 bits per heavy atom. The first-order chi connectivity index (χ1) is 5.29. The van der Waals surface area contributed by atoms with Crippen molar-refractivity contribution in [1.82, 2.24) is 10.9 Å². The van der Waals surface area contributed by atoms with Crippen LogP contribution in [0.3, 0.4) is 0 Å². The van der Waals surface area contributed by atoms with Gasteiger partial charge in [-0.05, 0) is 12.8 Å². The molecule has 0 radical (unpaired) electrons. The SMILES string of the molecule is CC(=O)NNC1CCCCC1.